The number of rotatable bonds is 6. The van der Waals surface area contributed by atoms with Crippen molar-refractivity contribution in [2.24, 2.45) is 0 Å². The lowest BCUT2D eigenvalue weighted by Crippen LogP contribution is -2.20. The normalized spacial score (nSPS) is 11.0. The van der Waals surface area contributed by atoms with Gasteiger partial charge in [0.15, 0.2) is 12.2 Å². The number of hydrogen-bond acceptors (Lipinski definition) is 6. The van der Waals surface area contributed by atoms with E-state index in [2.05, 4.69) is 20.5 Å². The molecule has 3 aromatic carbocycles. The Labute approximate surface area is 193 Å². The Hall–Kier alpha value is -4.17. The molecule has 0 aliphatic rings. The molecule has 33 heavy (non-hydrogen) atoms. The van der Waals surface area contributed by atoms with Gasteiger partial charge in [-0.1, -0.05) is 23.7 Å². The number of aryl methyl sites for hydroxylation is 1. The molecule has 0 unspecified atom stereocenters. The van der Waals surface area contributed by atoms with Crippen molar-refractivity contribution in [2.75, 3.05) is 11.9 Å². The summed E-state index contributed by atoms with van der Waals surface area (Å²) in [4.78, 5) is 17.1. The van der Waals surface area contributed by atoms with E-state index in [1.54, 1.807) is 34.9 Å². The van der Waals surface area contributed by atoms with Gasteiger partial charge in [-0.2, -0.15) is 0 Å². The third-order valence-electron chi connectivity index (χ3n) is 4.91. The highest BCUT2D eigenvalue weighted by molar-refractivity contribution is 6.30. The van der Waals surface area contributed by atoms with E-state index in [4.69, 9.17) is 20.8 Å². The standard InChI is InChI=1S/C24H18ClN5O3/c1-15-5-7-21-19(9-15)29-24(33-21)16-3-2-4-18(10-16)28-23(31)12-32-22-8-6-17(25)11-20(22)30-13-26-27-14-30/h2-11,13-14H,12H2,1H3,(H,28,31). The highest BCUT2D eigenvalue weighted by atomic mass is 35.5. The lowest BCUT2D eigenvalue weighted by Gasteiger charge is -2.12. The van der Waals surface area contributed by atoms with Crippen molar-refractivity contribution in [3.05, 3.63) is 83.9 Å². The summed E-state index contributed by atoms with van der Waals surface area (Å²) >= 11 is 6.10. The van der Waals surface area contributed by atoms with Crippen LogP contribution in [0.3, 0.4) is 0 Å². The molecule has 1 N–H and O–H groups in total. The number of fused-ring (bicyclic) bond motifs is 1. The summed E-state index contributed by atoms with van der Waals surface area (Å²) in [6, 6.07) is 18.2. The maximum Gasteiger partial charge on any atom is 0.262 e. The first-order valence-electron chi connectivity index (χ1n) is 10.1. The number of ether oxygens (including phenoxy) is 1. The van der Waals surface area contributed by atoms with Crippen LogP contribution in [0.15, 0.2) is 77.7 Å². The van der Waals surface area contributed by atoms with Crippen molar-refractivity contribution in [2.45, 2.75) is 6.92 Å². The molecule has 0 aliphatic carbocycles. The monoisotopic (exact) mass is 459 g/mol. The predicted molar refractivity (Wildman–Crippen MR) is 125 cm³/mol. The number of nitrogens with one attached hydrogen (secondary N) is 1. The molecule has 0 bridgehead atoms. The molecule has 0 aliphatic heterocycles. The first kappa shape index (κ1) is 20.7. The SMILES string of the molecule is Cc1ccc2oc(-c3cccc(NC(=O)COc4ccc(Cl)cc4-n4cnnc4)c3)nc2c1. The van der Waals surface area contributed by atoms with E-state index in [1.165, 1.54) is 12.7 Å². The number of nitrogens with zero attached hydrogens (tertiary/aromatic N) is 4. The zero-order chi connectivity index (χ0) is 22.8. The minimum Gasteiger partial charge on any atom is -0.482 e. The van der Waals surface area contributed by atoms with Gasteiger partial charge >= 0.3 is 0 Å². The minimum atomic E-state index is -0.315. The Morgan fingerprint density at radius 2 is 1.94 bits per heavy atom. The first-order valence-corrected chi connectivity index (χ1v) is 10.5. The quantitative estimate of drug-likeness (QED) is 0.381. The minimum absolute atomic E-state index is 0.191. The molecule has 0 saturated heterocycles. The van der Waals surface area contributed by atoms with E-state index in [-0.39, 0.29) is 12.5 Å². The van der Waals surface area contributed by atoms with Gasteiger partial charge in [-0.25, -0.2) is 4.98 Å². The van der Waals surface area contributed by atoms with Gasteiger partial charge in [0.1, 0.15) is 23.9 Å². The number of halogens is 1. The third-order valence-corrected chi connectivity index (χ3v) is 5.15. The maximum absolute atomic E-state index is 12.5. The average Bonchev–Trinajstić information content (AvgIpc) is 3.48. The van der Waals surface area contributed by atoms with Gasteiger partial charge in [0.25, 0.3) is 5.91 Å². The van der Waals surface area contributed by atoms with Crippen molar-refractivity contribution in [3.63, 3.8) is 0 Å². The second-order valence-corrected chi connectivity index (χ2v) is 7.83. The van der Waals surface area contributed by atoms with Gasteiger partial charge in [-0.05, 0) is 61.0 Å². The Kier molecular flexibility index (Phi) is 5.50. The van der Waals surface area contributed by atoms with E-state index in [0.29, 0.717) is 33.6 Å². The maximum atomic E-state index is 12.5. The van der Waals surface area contributed by atoms with Crippen molar-refractivity contribution in [3.8, 4) is 22.9 Å². The molecule has 9 heteroatoms. The van der Waals surface area contributed by atoms with Crippen LogP contribution >= 0.6 is 11.6 Å². The van der Waals surface area contributed by atoms with E-state index in [0.717, 1.165) is 16.6 Å². The molecule has 0 atom stereocenters. The van der Waals surface area contributed by atoms with Crippen LogP contribution in [0.25, 0.3) is 28.2 Å². The smallest absolute Gasteiger partial charge is 0.262 e. The number of benzene rings is 3. The van der Waals surface area contributed by atoms with Crippen LogP contribution in [0, 0.1) is 6.92 Å². The van der Waals surface area contributed by atoms with Crippen molar-refractivity contribution < 1.29 is 13.9 Å². The highest BCUT2D eigenvalue weighted by Gasteiger charge is 2.12. The molecule has 0 spiro atoms. The largest absolute Gasteiger partial charge is 0.482 e. The molecule has 2 aromatic heterocycles. The van der Waals surface area contributed by atoms with Crippen molar-refractivity contribution in [1.82, 2.24) is 19.7 Å². The molecule has 0 fully saturated rings. The molecule has 8 nitrogen and oxygen atoms in total. The summed E-state index contributed by atoms with van der Waals surface area (Å²) in [5.41, 5.74) is 4.61. The van der Waals surface area contributed by atoms with Gasteiger partial charge in [0, 0.05) is 16.3 Å². The fourth-order valence-corrected chi connectivity index (χ4v) is 3.54. The highest BCUT2D eigenvalue weighted by Crippen LogP contribution is 2.28. The van der Waals surface area contributed by atoms with Crippen molar-refractivity contribution >= 4 is 34.3 Å². The number of oxazole rings is 1. The number of carbonyl (C=O) groups is 1. The number of carbonyl (C=O) groups excluding carboxylic acids is 1. The lowest BCUT2D eigenvalue weighted by molar-refractivity contribution is -0.118. The van der Waals surface area contributed by atoms with Crippen LogP contribution < -0.4 is 10.1 Å². The van der Waals surface area contributed by atoms with Gasteiger partial charge in [0.05, 0.1) is 5.69 Å². The number of aromatic nitrogens is 4. The summed E-state index contributed by atoms with van der Waals surface area (Å²) in [5.74, 6) is 0.651. The van der Waals surface area contributed by atoms with Crippen LogP contribution in [0.1, 0.15) is 5.56 Å². The average molecular weight is 460 g/mol. The van der Waals surface area contributed by atoms with Crippen LogP contribution in [0.4, 0.5) is 5.69 Å². The predicted octanol–water partition coefficient (Wildman–Crippen LogP) is 5.05. The van der Waals surface area contributed by atoms with Gasteiger partial charge < -0.3 is 14.5 Å². The fraction of sp³-hybridized carbons (Fsp3) is 0.0833. The topological polar surface area (TPSA) is 95.1 Å². The van der Waals surface area contributed by atoms with Crippen LogP contribution in [0.5, 0.6) is 5.75 Å². The molecule has 0 radical (unpaired) electrons. The molecule has 1 amide bonds. The summed E-state index contributed by atoms with van der Waals surface area (Å²) in [6.07, 6.45) is 3.05. The molecular formula is C24H18ClN5O3. The van der Waals surface area contributed by atoms with Crippen molar-refractivity contribution in [1.29, 1.82) is 0 Å². The van der Waals surface area contributed by atoms with E-state index in [9.17, 15) is 4.79 Å². The fourth-order valence-electron chi connectivity index (χ4n) is 3.37. The second kappa shape index (κ2) is 8.76. The number of hydrogen-bond donors (Lipinski definition) is 1. The Morgan fingerprint density at radius 1 is 1.09 bits per heavy atom. The van der Waals surface area contributed by atoms with Crippen LogP contribution in [-0.2, 0) is 4.79 Å². The number of amides is 1. The van der Waals surface area contributed by atoms with Gasteiger partial charge in [-0.15, -0.1) is 10.2 Å². The lowest BCUT2D eigenvalue weighted by atomic mass is 10.2. The van der Waals surface area contributed by atoms with Gasteiger partial charge in [-0.3, -0.25) is 9.36 Å². The Morgan fingerprint density at radius 3 is 2.79 bits per heavy atom. The molecule has 5 aromatic rings. The summed E-state index contributed by atoms with van der Waals surface area (Å²) in [5, 5.41) is 11.0. The zero-order valence-electron chi connectivity index (χ0n) is 17.5. The first-order chi connectivity index (χ1) is 16.0. The molecule has 0 saturated carbocycles. The third kappa shape index (κ3) is 4.56. The second-order valence-electron chi connectivity index (χ2n) is 7.39. The molecular weight excluding hydrogens is 442 g/mol. The Balaban J connectivity index is 1.29. The van der Waals surface area contributed by atoms with Crippen LogP contribution in [0.2, 0.25) is 5.02 Å². The molecule has 164 valence electrons. The van der Waals surface area contributed by atoms with E-state index < -0.39 is 0 Å². The van der Waals surface area contributed by atoms with E-state index >= 15 is 0 Å². The summed E-state index contributed by atoms with van der Waals surface area (Å²) in [6.45, 7) is 1.81. The molecule has 2 heterocycles. The number of anilines is 1. The summed E-state index contributed by atoms with van der Waals surface area (Å²) in [7, 11) is 0. The molecule has 5 rings (SSSR count). The zero-order valence-corrected chi connectivity index (χ0v) is 18.3. The summed E-state index contributed by atoms with van der Waals surface area (Å²) < 4.78 is 13.3. The van der Waals surface area contributed by atoms with Crippen LogP contribution in [-0.4, -0.2) is 32.3 Å². The van der Waals surface area contributed by atoms with E-state index in [1.807, 2.05) is 37.3 Å². The van der Waals surface area contributed by atoms with Gasteiger partial charge in [0.2, 0.25) is 5.89 Å². The Bertz CT molecular complexity index is 1450.